The average Bonchev–Trinajstić information content (AvgIpc) is 2.70. The highest BCUT2D eigenvalue weighted by atomic mass is 35.5. The molecule has 2 rings (SSSR count). The van der Waals surface area contributed by atoms with Gasteiger partial charge in [0, 0.05) is 12.8 Å². The lowest BCUT2D eigenvalue weighted by Crippen LogP contribution is -2.08. The SMILES string of the molecule is CCc1nc(CC)n(-c2nc(Cl)nc(Cl)n2)n1. The Hall–Kier alpha value is -1.27. The Morgan fingerprint density at radius 2 is 1.59 bits per heavy atom. The average molecular weight is 273 g/mol. The Morgan fingerprint density at radius 1 is 0.941 bits per heavy atom. The zero-order valence-electron chi connectivity index (χ0n) is 9.35. The highest BCUT2D eigenvalue weighted by Gasteiger charge is 2.13. The zero-order chi connectivity index (χ0) is 12.4. The predicted molar refractivity (Wildman–Crippen MR) is 63.5 cm³/mol. The third-order valence-electron chi connectivity index (χ3n) is 2.11. The van der Waals surface area contributed by atoms with E-state index in [9.17, 15) is 0 Å². The van der Waals surface area contributed by atoms with Crippen molar-refractivity contribution >= 4 is 23.2 Å². The monoisotopic (exact) mass is 272 g/mol. The molecule has 0 fully saturated rings. The van der Waals surface area contributed by atoms with E-state index < -0.39 is 0 Å². The van der Waals surface area contributed by atoms with Gasteiger partial charge in [-0.3, -0.25) is 0 Å². The van der Waals surface area contributed by atoms with Crippen molar-refractivity contribution in [2.24, 2.45) is 0 Å². The van der Waals surface area contributed by atoms with Gasteiger partial charge in [-0.2, -0.15) is 19.6 Å². The molecule has 0 radical (unpaired) electrons. The molecule has 0 saturated heterocycles. The topological polar surface area (TPSA) is 69.4 Å². The Morgan fingerprint density at radius 3 is 2.12 bits per heavy atom. The van der Waals surface area contributed by atoms with E-state index in [4.69, 9.17) is 23.2 Å². The lowest BCUT2D eigenvalue weighted by molar-refractivity contribution is 0.735. The number of aryl methyl sites for hydroxylation is 2. The van der Waals surface area contributed by atoms with Crippen LogP contribution in [0.5, 0.6) is 0 Å². The van der Waals surface area contributed by atoms with Gasteiger partial charge in [0.25, 0.3) is 5.95 Å². The summed E-state index contributed by atoms with van der Waals surface area (Å²) in [7, 11) is 0. The van der Waals surface area contributed by atoms with Crippen LogP contribution in [-0.2, 0) is 12.8 Å². The molecule has 0 atom stereocenters. The third kappa shape index (κ3) is 2.53. The summed E-state index contributed by atoms with van der Waals surface area (Å²) in [6, 6.07) is 0. The summed E-state index contributed by atoms with van der Waals surface area (Å²) in [5.41, 5.74) is 0. The number of hydrogen-bond acceptors (Lipinski definition) is 5. The smallest absolute Gasteiger partial charge is 0.216 e. The molecular weight excluding hydrogens is 263 g/mol. The van der Waals surface area contributed by atoms with Crippen LogP contribution in [0.15, 0.2) is 0 Å². The van der Waals surface area contributed by atoms with E-state index in [1.165, 1.54) is 4.68 Å². The van der Waals surface area contributed by atoms with Gasteiger partial charge in [0.1, 0.15) is 5.82 Å². The molecule has 0 spiro atoms. The van der Waals surface area contributed by atoms with E-state index in [1.807, 2.05) is 13.8 Å². The summed E-state index contributed by atoms with van der Waals surface area (Å²) >= 11 is 11.5. The molecule has 6 nitrogen and oxygen atoms in total. The van der Waals surface area contributed by atoms with Crippen molar-refractivity contribution in [2.45, 2.75) is 26.7 Å². The molecule has 0 aliphatic carbocycles. The molecule has 90 valence electrons. The van der Waals surface area contributed by atoms with Crippen molar-refractivity contribution in [1.82, 2.24) is 29.7 Å². The standard InChI is InChI=1S/C9H10Cl2N6/c1-3-5-12-6(4-2)17(16-5)9-14-7(10)13-8(11)15-9/h3-4H2,1-2H3. The van der Waals surface area contributed by atoms with Gasteiger partial charge in [0.2, 0.25) is 10.6 Å². The molecule has 17 heavy (non-hydrogen) atoms. The van der Waals surface area contributed by atoms with Gasteiger partial charge in [0.05, 0.1) is 0 Å². The van der Waals surface area contributed by atoms with Gasteiger partial charge >= 0.3 is 0 Å². The predicted octanol–water partition coefficient (Wildman–Crippen LogP) is 1.88. The molecule has 0 aliphatic rings. The van der Waals surface area contributed by atoms with Crippen LogP contribution in [0.1, 0.15) is 25.5 Å². The summed E-state index contributed by atoms with van der Waals surface area (Å²) in [5.74, 6) is 1.79. The number of rotatable bonds is 3. The second kappa shape index (κ2) is 4.93. The lowest BCUT2D eigenvalue weighted by Gasteiger charge is -2.02. The van der Waals surface area contributed by atoms with Crippen LogP contribution in [0.25, 0.3) is 5.95 Å². The highest BCUT2D eigenvalue weighted by Crippen LogP contribution is 2.11. The fourth-order valence-electron chi connectivity index (χ4n) is 1.34. The molecule has 0 unspecified atom stereocenters. The van der Waals surface area contributed by atoms with Crippen LogP contribution in [-0.4, -0.2) is 29.7 Å². The van der Waals surface area contributed by atoms with E-state index in [0.717, 1.165) is 18.1 Å². The molecular formula is C9H10Cl2N6. The van der Waals surface area contributed by atoms with E-state index >= 15 is 0 Å². The quantitative estimate of drug-likeness (QED) is 0.854. The van der Waals surface area contributed by atoms with Crippen molar-refractivity contribution in [3.8, 4) is 5.95 Å². The molecule has 8 heteroatoms. The first-order chi connectivity index (χ1) is 8.13. The van der Waals surface area contributed by atoms with E-state index in [2.05, 4.69) is 25.0 Å². The van der Waals surface area contributed by atoms with Crippen LogP contribution >= 0.6 is 23.2 Å². The van der Waals surface area contributed by atoms with Crippen LogP contribution in [0, 0.1) is 0 Å². The minimum Gasteiger partial charge on any atom is -0.216 e. The third-order valence-corrected chi connectivity index (χ3v) is 2.45. The highest BCUT2D eigenvalue weighted by molar-refractivity contribution is 6.31. The summed E-state index contributed by atoms with van der Waals surface area (Å²) in [6.07, 6.45) is 1.46. The van der Waals surface area contributed by atoms with Crippen molar-refractivity contribution in [1.29, 1.82) is 0 Å². The molecule has 2 aromatic heterocycles. The van der Waals surface area contributed by atoms with Gasteiger partial charge in [-0.25, -0.2) is 4.98 Å². The second-order valence-corrected chi connectivity index (χ2v) is 3.91. The Bertz CT molecular complexity index is 518. The van der Waals surface area contributed by atoms with E-state index in [0.29, 0.717) is 12.4 Å². The Labute approximate surface area is 108 Å². The van der Waals surface area contributed by atoms with Crippen molar-refractivity contribution in [3.63, 3.8) is 0 Å². The summed E-state index contributed by atoms with van der Waals surface area (Å²) in [4.78, 5) is 16.0. The first-order valence-corrected chi connectivity index (χ1v) is 5.91. The molecule has 0 N–H and O–H groups in total. The number of aromatic nitrogens is 6. The number of nitrogens with zero attached hydrogens (tertiary/aromatic N) is 6. The lowest BCUT2D eigenvalue weighted by atomic mass is 10.4. The molecule has 2 heterocycles. The zero-order valence-corrected chi connectivity index (χ0v) is 10.9. The molecule has 0 saturated carbocycles. The van der Waals surface area contributed by atoms with Gasteiger partial charge in [0.15, 0.2) is 5.82 Å². The minimum absolute atomic E-state index is 0.0376. The molecule has 0 bridgehead atoms. The van der Waals surface area contributed by atoms with Gasteiger partial charge in [-0.1, -0.05) is 13.8 Å². The van der Waals surface area contributed by atoms with Gasteiger partial charge < -0.3 is 0 Å². The van der Waals surface area contributed by atoms with Gasteiger partial charge in [-0.15, -0.1) is 5.10 Å². The first kappa shape index (κ1) is 12.2. The normalized spacial score (nSPS) is 10.8. The van der Waals surface area contributed by atoms with E-state index in [-0.39, 0.29) is 10.6 Å². The summed E-state index contributed by atoms with van der Waals surface area (Å²) in [6.45, 7) is 3.96. The minimum atomic E-state index is 0.0376. The molecule has 0 aromatic carbocycles. The van der Waals surface area contributed by atoms with Crippen molar-refractivity contribution in [2.75, 3.05) is 0 Å². The van der Waals surface area contributed by atoms with Crippen LogP contribution in [0.3, 0.4) is 0 Å². The Balaban J connectivity index is 2.54. The Kier molecular flexibility index (Phi) is 3.54. The molecule has 0 aliphatic heterocycles. The summed E-state index contributed by atoms with van der Waals surface area (Å²) < 4.78 is 1.54. The fourth-order valence-corrected chi connectivity index (χ4v) is 1.70. The molecule has 0 amide bonds. The maximum atomic E-state index is 5.73. The fraction of sp³-hybridized carbons (Fsp3) is 0.444. The molecule has 2 aromatic rings. The van der Waals surface area contributed by atoms with Crippen LogP contribution in [0.2, 0.25) is 10.6 Å². The largest absolute Gasteiger partial charge is 0.257 e. The second-order valence-electron chi connectivity index (χ2n) is 3.24. The number of hydrogen-bond donors (Lipinski definition) is 0. The maximum absolute atomic E-state index is 5.73. The van der Waals surface area contributed by atoms with Crippen LogP contribution < -0.4 is 0 Å². The van der Waals surface area contributed by atoms with Gasteiger partial charge in [-0.05, 0) is 23.2 Å². The number of halogens is 2. The van der Waals surface area contributed by atoms with Crippen LogP contribution in [0.4, 0.5) is 0 Å². The maximum Gasteiger partial charge on any atom is 0.257 e. The first-order valence-electron chi connectivity index (χ1n) is 5.16. The van der Waals surface area contributed by atoms with Crippen molar-refractivity contribution < 1.29 is 0 Å². The van der Waals surface area contributed by atoms with E-state index in [1.54, 1.807) is 0 Å². The van der Waals surface area contributed by atoms with Crippen molar-refractivity contribution in [3.05, 3.63) is 22.2 Å². The summed E-state index contributed by atoms with van der Waals surface area (Å²) in [5, 5.41) is 4.36.